The van der Waals surface area contributed by atoms with E-state index in [1.807, 2.05) is 0 Å². The lowest BCUT2D eigenvalue weighted by atomic mass is 9.83. The normalized spacial score (nSPS) is 12.9. The van der Waals surface area contributed by atoms with Crippen LogP contribution in [-0.2, 0) is 9.53 Å². The summed E-state index contributed by atoms with van der Waals surface area (Å²) in [5, 5.41) is 2.54. The van der Waals surface area contributed by atoms with Gasteiger partial charge in [0, 0.05) is 16.7 Å². The molecule has 1 N–H and O–H groups in total. The van der Waals surface area contributed by atoms with Crippen molar-refractivity contribution in [2.24, 2.45) is 0 Å². The molecule has 0 bridgehead atoms. The van der Waals surface area contributed by atoms with Gasteiger partial charge in [-0.15, -0.1) is 0 Å². The standard InChI is InChI=1S/C26H19F2NO7/c1-13(35-25(33)14-10-11-19(36-26(27)28)20(12-14)34-2)24(32)29-18-9-5-8-17-21(18)23(31)16-7-4-3-6-15(16)22(17)30/h3-13,26H,1-2H3,(H,29,32). The van der Waals surface area contributed by atoms with Crippen molar-refractivity contribution < 1.29 is 42.2 Å². The van der Waals surface area contributed by atoms with Gasteiger partial charge in [-0.3, -0.25) is 14.4 Å². The van der Waals surface area contributed by atoms with E-state index < -0.39 is 30.4 Å². The Morgan fingerprint density at radius 2 is 1.53 bits per heavy atom. The highest BCUT2D eigenvalue weighted by atomic mass is 19.3. The number of ketones is 2. The predicted molar refractivity (Wildman–Crippen MR) is 123 cm³/mol. The van der Waals surface area contributed by atoms with E-state index in [2.05, 4.69) is 10.1 Å². The van der Waals surface area contributed by atoms with Crippen LogP contribution >= 0.6 is 0 Å². The molecule has 0 radical (unpaired) electrons. The zero-order chi connectivity index (χ0) is 26.0. The molecule has 0 saturated heterocycles. The van der Waals surface area contributed by atoms with Crippen molar-refractivity contribution in [3.8, 4) is 11.5 Å². The summed E-state index contributed by atoms with van der Waals surface area (Å²) in [7, 11) is 1.21. The Hall–Kier alpha value is -4.60. The van der Waals surface area contributed by atoms with Crippen LogP contribution in [0.3, 0.4) is 0 Å². The fourth-order valence-electron chi connectivity index (χ4n) is 3.75. The maximum atomic E-state index is 13.1. The molecule has 0 aromatic heterocycles. The number of benzene rings is 3. The number of methoxy groups -OCH3 is 1. The fourth-order valence-corrected chi connectivity index (χ4v) is 3.75. The highest BCUT2D eigenvalue weighted by Crippen LogP contribution is 2.32. The van der Waals surface area contributed by atoms with Crippen molar-refractivity contribution in [1.29, 1.82) is 0 Å². The van der Waals surface area contributed by atoms with Gasteiger partial charge in [0.15, 0.2) is 29.2 Å². The number of amides is 1. The zero-order valence-electron chi connectivity index (χ0n) is 19.0. The lowest BCUT2D eigenvalue weighted by Crippen LogP contribution is -2.31. The van der Waals surface area contributed by atoms with E-state index in [0.717, 1.165) is 12.1 Å². The molecule has 3 aromatic carbocycles. The highest BCUT2D eigenvalue weighted by Gasteiger charge is 2.32. The fraction of sp³-hybridized carbons (Fsp3) is 0.154. The molecule has 1 aliphatic rings. The largest absolute Gasteiger partial charge is 0.493 e. The van der Waals surface area contributed by atoms with Crippen molar-refractivity contribution in [2.75, 3.05) is 12.4 Å². The minimum Gasteiger partial charge on any atom is -0.493 e. The van der Waals surface area contributed by atoms with Crippen LogP contribution in [-0.4, -0.2) is 43.3 Å². The molecule has 4 rings (SSSR count). The Bertz CT molecular complexity index is 1390. The lowest BCUT2D eigenvalue weighted by Gasteiger charge is -2.21. The summed E-state index contributed by atoms with van der Waals surface area (Å²) in [5.41, 5.74) is 0.739. The van der Waals surface area contributed by atoms with E-state index in [0.29, 0.717) is 0 Å². The van der Waals surface area contributed by atoms with Crippen LogP contribution in [0.4, 0.5) is 14.5 Å². The van der Waals surface area contributed by atoms with Crippen LogP contribution in [0.5, 0.6) is 11.5 Å². The van der Waals surface area contributed by atoms with E-state index in [4.69, 9.17) is 9.47 Å². The summed E-state index contributed by atoms with van der Waals surface area (Å²) < 4.78 is 39.5. The molecule has 8 nitrogen and oxygen atoms in total. The highest BCUT2D eigenvalue weighted by molar-refractivity contribution is 6.30. The third-order valence-electron chi connectivity index (χ3n) is 5.48. The van der Waals surface area contributed by atoms with Crippen LogP contribution in [0.25, 0.3) is 0 Å². The number of hydrogen-bond acceptors (Lipinski definition) is 7. The summed E-state index contributed by atoms with van der Waals surface area (Å²) in [6.45, 7) is -1.77. The molecule has 1 aliphatic carbocycles. The van der Waals surface area contributed by atoms with Gasteiger partial charge in [0.2, 0.25) is 0 Å². The Morgan fingerprint density at radius 1 is 0.861 bits per heavy atom. The molecule has 0 fully saturated rings. The predicted octanol–water partition coefficient (Wildman–Crippen LogP) is 4.26. The van der Waals surface area contributed by atoms with Gasteiger partial charge in [0.25, 0.3) is 5.91 Å². The first-order chi connectivity index (χ1) is 17.2. The molecule has 0 saturated carbocycles. The number of rotatable bonds is 7. The number of hydrogen-bond donors (Lipinski definition) is 1. The van der Waals surface area contributed by atoms with E-state index >= 15 is 0 Å². The van der Waals surface area contributed by atoms with Gasteiger partial charge in [-0.05, 0) is 31.2 Å². The minimum absolute atomic E-state index is 0.0485. The van der Waals surface area contributed by atoms with E-state index in [1.54, 1.807) is 18.2 Å². The summed E-state index contributed by atoms with van der Waals surface area (Å²) >= 11 is 0. The summed E-state index contributed by atoms with van der Waals surface area (Å²) in [5.74, 6) is -2.83. The van der Waals surface area contributed by atoms with Gasteiger partial charge in [-0.1, -0.05) is 36.4 Å². The van der Waals surface area contributed by atoms with Gasteiger partial charge in [0.05, 0.1) is 23.9 Å². The first kappa shape index (κ1) is 24.5. The average Bonchev–Trinajstić information content (AvgIpc) is 2.87. The van der Waals surface area contributed by atoms with E-state index in [9.17, 15) is 28.0 Å². The van der Waals surface area contributed by atoms with Crippen LogP contribution in [0.15, 0.2) is 60.7 Å². The van der Waals surface area contributed by atoms with Gasteiger partial charge >= 0.3 is 12.6 Å². The first-order valence-corrected chi connectivity index (χ1v) is 10.7. The topological polar surface area (TPSA) is 108 Å². The van der Waals surface area contributed by atoms with Crippen molar-refractivity contribution in [1.82, 2.24) is 0 Å². The Balaban J connectivity index is 1.51. The number of esters is 1. The number of fused-ring (bicyclic) bond motifs is 2. The van der Waals surface area contributed by atoms with Crippen molar-refractivity contribution in [2.45, 2.75) is 19.6 Å². The molecule has 0 spiro atoms. The zero-order valence-corrected chi connectivity index (χ0v) is 19.0. The molecule has 10 heteroatoms. The molecule has 1 unspecified atom stereocenters. The maximum Gasteiger partial charge on any atom is 0.387 e. The SMILES string of the molecule is COc1cc(C(=O)OC(C)C(=O)Nc2cccc3c2C(=O)c2ccccc2C3=O)ccc1OC(F)F. The third kappa shape index (κ3) is 4.65. The summed E-state index contributed by atoms with van der Waals surface area (Å²) in [4.78, 5) is 51.3. The second kappa shape index (κ2) is 9.95. The molecule has 0 heterocycles. The number of carbonyl (C=O) groups is 4. The molecule has 3 aromatic rings. The average molecular weight is 495 g/mol. The molecule has 0 aliphatic heterocycles. The van der Waals surface area contributed by atoms with Crippen LogP contribution in [0.1, 0.15) is 49.1 Å². The van der Waals surface area contributed by atoms with Gasteiger partial charge in [-0.2, -0.15) is 8.78 Å². The van der Waals surface area contributed by atoms with Gasteiger partial charge < -0.3 is 19.5 Å². The molecule has 184 valence electrons. The van der Waals surface area contributed by atoms with E-state index in [-0.39, 0.29) is 50.8 Å². The van der Waals surface area contributed by atoms with Crippen LogP contribution in [0.2, 0.25) is 0 Å². The molecule has 1 atom stereocenters. The number of ether oxygens (including phenoxy) is 3. The van der Waals surface area contributed by atoms with E-state index in [1.165, 1.54) is 44.4 Å². The van der Waals surface area contributed by atoms with Crippen LogP contribution in [0, 0.1) is 0 Å². The number of nitrogens with one attached hydrogen (secondary N) is 1. The van der Waals surface area contributed by atoms with Crippen molar-refractivity contribution in [3.63, 3.8) is 0 Å². The Labute approximate surface area is 203 Å². The van der Waals surface area contributed by atoms with Crippen LogP contribution < -0.4 is 14.8 Å². The smallest absolute Gasteiger partial charge is 0.387 e. The number of alkyl halides is 2. The Kier molecular flexibility index (Phi) is 6.77. The summed E-state index contributed by atoms with van der Waals surface area (Å²) in [6, 6.07) is 14.3. The second-order valence-electron chi connectivity index (χ2n) is 7.71. The second-order valence-corrected chi connectivity index (χ2v) is 7.71. The first-order valence-electron chi connectivity index (χ1n) is 10.7. The Morgan fingerprint density at radius 3 is 2.19 bits per heavy atom. The van der Waals surface area contributed by atoms with Crippen molar-refractivity contribution in [3.05, 3.63) is 88.5 Å². The maximum absolute atomic E-state index is 13.1. The quantitative estimate of drug-likeness (QED) is 0.382. The monoisotopic (exact) mass is 495 g/mol. The van der Waals surface area contributed by atoms with Gasteiger partial charge in [-0.25, -0.2) is 4.79 Å². The molecule has 1 amide bonds. The number of halogens is 2. The van der Waals surface area contributed by atoms with Gasteiger partial charge in [0.1, 0.15) is 0 Å². The molecular weight excluding hydrogens is 476 g/mol. The minimum atomic E-state index is -3.08. The number of anilines is 1. The summed E-state index contributed by atoms with van der Waals surface area (Å²) in [6.07, 6.45) is -1.31. The molecule has 36 heavy (non-hydrogen) atoms. The van der Waals surface area contributed by atoms with Crippen molar-refractivity contribution >= 4 is 29.1 Å². The molecular formula is C26H19F2NO7. The number of carbonyl (C=O) groups excluding carboxylic acids is 4. The third-order valence-corrected chi connectivity index (χ3v) is 5.48. The lowest BCUT2D eigenvalue weighted by molar-refractivity contribution is -0.123.